The topological polar surface area (TPSA) is 127 Å². The van der Waals surface area contributed by atoms with Crippen LogP contribution in [0.1, 0.15) is 45.3 Å². The summed E-state index contributed by atoms with van der Waals surface area (Å²) in [5, 5.41) is 18.3. The zero-order valence-corrected chi connectivity index (χ0v) is 19.7. The Bertz CT molecular complexity index is 1020. The number of nitrogens with zero attached hydrogens (tertiary/aromatic N) is 3. The summed E-state index contributed by atoms with van der Waals surface area (Å²) in [5.74, 6) is 0.175. The lowest BCUT2D eigenvalue weighted by Gasteiger charge is -2.30. The molecule has 9 heteroatoms. The summed E-state index contributed by atoms with van der Waals surface area (Å²) in [5.41, 5.74) is 2.00. The number of rotatable bonds is 5. The fraction of sp³-hybridized carbons (Fsp3) is 0.360. The van der Waals surface area contributed by atoms with E-state index in [9.17, 15) is 0 Å². The quantitative estimate of drug-likeness (QED) is 0.512. The molecule has 0 spiro atoms. The minimum absolute atomic E-state index is 0.463. The Kier molecular flexibility index (Phi) is 10.7. The number of carboxylic acids is 2. The molecule has 1 fully saturated rings. The van der Waals surface area contributed by atoms with E-state index in [1.165, 1.54) is 0 Å². The van der Waals surface area contributed by atoms with Crippen LogP contribution in [0.4, 0.5) is 0 Å². The number of hydrogen-bond acceptors (Lipinski definition) is 6. The van der Waals surface area contributed by atoms with E-state index in [1.807, 2.05) is 36.5 Å². The normalized spacial score (nSPS) is 16.8. The van der Waals surface area contributed by atoms with Crippen LogP contribution in [0.2, 0.25) is 0 Å². The van der Waals surface area contributed by atoms with Gasteiger partial charge in [0, 0.05) is 50.1 Å². The zero-order chi connectivity index (χ0) is 24.9. The molecule has 0 bridgehead atoms. The molecule has 1 aliphatic rings. The average molecular weight is 469 g/mol. The molecule has 0 radical (unpaired) electrons. The second-order valence-corrected chi connectivity index (χ2v) is 7.87. The van der Waals surface area contributed by atoms with E-state index in [0.29, 0.717) is 18.7 Å². The smallest absolute Gasteiger partial charge is 0.300 e. The third-order valence-electron chi connectivity index (χ3n) is 4.86. The highest BCUT2D eigenvalue weighted by atomic mass is 16.5. The highest BCUT2D eigenvalue weighted by molar-refractivity contribution is 5.63. The summed E-state index contributed by atoms with van der Waals surface area (Å²) in [6.45, 7) is 5.93. The number of hydrogen-bond donors (Lipinski definition) is 3. The first-order chi connectivity index (χ1) is 16.3. The number of ether oxygens (including phenoxy) is 1. The molecule has 1 aliphatic heterocycles. The molecule has 9 nitrogen and oxygen atoms in total. The second-order valence-electron chi connectivity index (χ2n) is 7.87. The van der Waals surface area contributed by atoms with E-state index in [-0.39, 0.29) is 0 Å². The highest BCUT2D eigenvalue weighted by Gasteiger charge is 2.22. The largest absolute Gasteiger partial charge is 0.487 e. The maximum Gasteiger partial charge on any atom is 0.300 e. The molecule has 0 unspecified atom stereocenters. The number of aromatic nitrogens is 3. The molecule has 2 atom stereocenters. The molecule has 182 valence electrons. The predicted molar refractivity (Wildman–Crippen MR) is 129 cm³/mol. The summed E-state index contributed by atoms with van der Waals surface area (Å²) in [4.78, 5) is 26.9. The van der Waals surface area contributed by atoms with Crippen molar-refractivity contribution in [1.82, 2.24) is 19.9 Å². The Hall–Kier alpha value is -3.72. The van der Waals surface area contributed by atoms with Crippen molar-refractivity contribution in [1.29, 1.82) is 0 Å². The van der Waals surface area contributed by atoms with Gasteiger partial charge in [-0.15, -0.1) is 0 Å². The number of nitrogens with one attached hydrogen (secondary N) is 1. The van der Waals surface area contributed by atoms with Crippen molar-refractivity contribution < 1.29 is 24.5 Å². The highest BCUT2D eigenvalue weighted by Crippen LogP contribution is 2.29. The van der Waals surface area contributed by atoms with Crippen LogP contribution in [0.15, 0.2) is 61.1 Å². The molecule has 0 amide bonds. The van der Waals surface area contributed by atoms with Crippen molar-refractivity contribution in [3.63, 3.8) is 0 Å². The van der Waals surface area contributed by atoms with Gasteiger partial charge in [0.25, 0.3) is 11.9 Å². The van der Waals surface area contributed by atoms with Gasteiger partial charge in [-0.25, -0.2) is 4.98 Å². The van der Waals surface area contributed by atoms with E-state index in [4.69, 9.17) is 24.5 Å². The summed E-state index contributed by atoms with van der Waals surface area (Å²) >= 11 is 0. The molecule has 0 aliphatic carbocycles. The van der Waals surface area contributed by atoms with Crippen LogP contribution in [0.3, 0.4) is 0 Å². The fourth-order valence-electron chi connectivity index (χ4n) is 3.56. The van der Waals surface area contributed by atoms with Crippen LogP contribution >= 0.6 is 0 Å². The molecular weight excluding hydrogens is 436 g/mol. The number of benzene rings is 1. The molecule has 34 heavy (non-hydrogen) atoms. The average Bonchev–Trinajstić information content (AvgIpc) is 3.28. The lowest BCUT2D eigenvalue weighted by Crippen LogP contribution is -2.36. The zero-order valence-electron chi connectivity index (χ0n) is 19.7. The molecule has 3 heterocycles. The van der Waals surface area contributed by atoms with E-state index in [2.05, 4.69) is 45.1 Å². The third kappa shape index (κ3) is 9.41. The van der Waals surface area contributed by atoms with Gasteiger partial charge in [-0.3, -0.25) is 14.6 Å². The SMILES string of the molecule is CC(=O)O.CC(=O)O.C[C@H]1C[C@H](n2ccnc2-c2cccc(OCc3ccccn3)c2)CCN1. The van der Waals surface area contributed by atoms with Crippen molar-refractivity contribution in [3.8, 4) is 17.1 Å². The predicted octanol–water partition coefficient (Wildman–Crippen LogP) is 4.02. The van der Waals surface area contributed by atoms with Crippen LogP contribution in [0.25, 0.3) is 11.4 Å². The van der Waals surface area contributed by atoms with E-state index >= 15 is 0 Å². The second kappa shape index (κ2) is 13.7. The third-order valence-corrected chi connectivity index (χ3v) is 4.86. The maximum absolute atomic E-state index is 9.00. The first-order valence-corrected chi connectivity index (χ1v) is 11.0. The molecule has 2 aromatic heterocycles. The first kappa shape index (κ1) is 26.5. The number of aliphatic carboxylic acids is 2. The number of pyridine rings is 1. The van der Waals surface area contributed by atoms with Gasteiger partial charge in [0.05, 0.1) is 5.69 Å². The molecule has 3 aromatic rings. The van der Waals surface area contributed by atoms with Gasteiger partial charge in [0.15, 0.2) is 0 Å². The summed E-state index contributed by atoms with van der Waals surface area (Å²) in [6.07, 6.45) is 8.03. The van der Waals surface area contributed by atoms with Crippen LogP contribution < -0.4 is 10.1 Å². The van der Waals surface area contributed by atoms with Crippen LogP contribution in [-0.4, -0.2) is 49.3 Å². The van der Waals surface area contributed by atoms with Gasteiger partial charge in [-0.2, -0.15) is 0 Å². The summed E-state index contributed by atoms with van der Waals surface area (Å²) < 4.78 is 8.24. The minimum Gasteiger partial charge on any atom is -0.487 e. The Morgan fingerprint density at radius 2 is 1.82 bits per heavy atom. The molecule has 1 aromatic carbocycles. The summed E-state index contributed by atoms with van der Waals surface area (Å²) in [7, 11) is 0. The Morgan fingerprint density at radius 1 is 1.09 bits per heavy atom. The standard InChI is InChI=1S/C21H24N4O.2C2H4O2/c1-16-13-19(8-10-22-16)25-12-11-24-21(25)17-5-4-7-20(14-17)26-15-18-6-2-3-9-23-18;2*1-2(3)4/h2-7,9,11-12,14,16,19,22H,8,10,13,15H2,1H3;2*1H3,(H,3,4)/t16-,19+;;/m0../s1. The number of piperidine rings is 1. The van der Waals surface area contributed by atoms with Crippen molar-refractivity contribution in [3.05, 3.63) is 66.7 Å². The fourth-order valence-corrected chi connectivity index (χ4v) is 3.56. The maximum atomic E-state index is 9.00. The van der Waals surface area contributed by atoms with E-state index < -0.39 is 11.9 Å². The molecule has 4 rings (SSSR count). The van der Waals surface area contributed by atoms with Crippen LogP contribution in [0.5, 0.6) is 5.75 Å². The van der Waals surface area contributed by atoms with Crippen molar-refractivity contribution in [2.45, 2.75) is 52.3 Å². The minimum atomic E-state index is -0.833. The van der Waals surface area contributed by atoms with Gasteiger partial charge in [0.2, 0.25) is 0 Å². The monoisotopic (exact) mass is 468 g/mol. The number of imidazole rings is 1. The first-order valence-electron chi connectivity index (χ1n) is 11.0. The molecule has 1 saturated heterocycles. The molecular formula is C25H32N4O5. The van der Waals surface area contributed by atoms with E-state index in [1.54, 1.807) is 6.20 Å². The van der Waals surface area contributed by atoms with Gasteiger partial charge in [0.1, 0.15) is 18.2 Å². The van der Waals surface area contributed by atoms with E-state index in [0.717, 1.165) is 56.1 Å². The van der Waals surface area contributed by atoms with Crippen molar-refractivity contribution in [2.24, 2.45) is 0 Å². The Labute approximate surface area is 199 Å². The van der Waals surface area contributed by atoms with Gasteiger partial charge < -0.3 is 24.8 Å². The lowest BCUT2D eigenvalue weighted by molar-refractivity contribution is -0.135. The Balaban J connectivity index is 0.000000446. The Morgan fingerprint density at radius 3 is 2.47 bits per heavy atom. The van der Waals surface area contributed by atoms with Crippen LogP contribution in [-0.2, 0) is 16.2 Å². The molecule has 0 saturated carbocycles. The van der Waals surface area contributed by atoms with Gasteiger partial charge >= 0.3 is 0 Å². The lowest BCUT2D eigenvalue weighted by atomic mass is 10.00. The van der Waals surface area contributed by atoms with Gasteiger partial charge in [-0.05, 0) is 50.6 Å². The van der Waals surface area contributed by atoms with Crippen LogP contribution in [0, 0.1) is 0 Å². The van der Waals surface area contributed by atoms with Gasteiger partial charge in [-0.1, -0.05) is 18.2 Å². The van der Waals surface area contributed by atoms with Crippen molar-refractivity contribution >= 4 is 11.9 Å². The number of carboxylic acid groups (broad SMARTS) is 2. The molecule has 3 N–H and O–H groups in total. The summed E-state index contributed by atoms with van der Waals surface area (Å²) in [6, 6.07) is 15.0. The number of carbonyl (C=O) groups is 2. The van der Waals surface area contributed by atoms with Crippen molar-refractivity contribution in [2.75, 3.05) is 6.54 Å².